The second-order valence-corrected chi connectivity index (χ2v) is 4.09. The van der Waals surface area contributed by atoms with Crippen LogP contribution >= 0.6 is 0 Å². The maximum Gasteiger partial charge on any atom is 0.405 e. The molecule has 0 radical (unpaired) electrons. The van der Waals surface area contributed by atoms with Crippen molar-refractivity contribution in [2.75, 3.05) is 19.7 Å². The molecule has 3 nitrogen and oxygen atoms in total. The van der Waals surface area contributed by atoms with Crippen molar-refractivity contribution < 1.29 is 17.9 Å². The Hall–Kier alpha value is -1.74. The van der Waals surface area contributed by atoms with E-state index in [-0.39, 0.29) is 13.2 Å². The summed E-state index contributed by atoms with van der Waals surface area (Å²) in [6, 6.07) is 8.61. The maximum atomic E-state index is 12.2. The van der Waals surface area contributed by atoms with Crippen LogP contribution in [0.2, 0.25) is 0 Å². The molecular formula is C13H15F3N2O. The molecule has 0 amide bonds. The number of benzene rings is 1. The van der Waals surface area contributed by atoms with Gasteiger partial charge in [-0.3, -0.25) is 0 Å². The monoisotopic (exact) mass is 272 g/mol. The van der Waals surface area contributed by atoms with Crippen LogP contribution in [0.3, 0.4) is 0 Å². The molecule has 0 heterocycles. The van der Waals surface area contributed by atoms with Gasteiger partial charge in [0.2, 0.25) is 0 Å². The Balaban J connectivity index is 2.23. The first-order valence-corrected chi connectivity index (χ1v) is 5.80. The summed E-state index contributed by atoms with van der Waals surface area (Å²) < 4.78 is 42.1. The van der Waals surface area contributed by atoms with Crippen LogP contribution in [0.15, 0.2) is 24.3 Å². The predicted molar refractivity (Wildman–Crippen MR) is 64.7 cm³/mol. The quantitative estimate of drug-likeness (QED) is 0.810. The van der Waals surface area contributed by atoms with Crippen LogP contribution in [-0.4, -0.2) is 25.9 Å². The van der Waals surface area contributed by atoms with E-state index in [0.717, 1.165) is 5.56 Å². The highest BCUT2D eigenvalue weighted by Crippen LogP contribution is 2.24. The van der Waals surface area contributed by atoms with Crippen molar-refractivity contribution in [3.05, 3.63) is 29.8 Å². The van der Waals surface area contributed by atoms with E-state index >= 15 is 0 Å². The smallest absolute Gasteiger partial charge is 0.405 e. The van der Waals surface area contributed by atoms with Crippen LogP contribution in [-0.2, 0) is 0 Å². The fourth-order valence-corrected chi connectivity index (χ4v) is 1.43. The number of hydrogen-bond donors (Lipinski definition) is 1. The molecule has 104 valence electrons. The minimum absolute atomic E-state index is 0.249. The van der Waals surface area contributed by atoms with Crippen LogP contribution < -0.4 is 10.1 Å². The molecule has 0 aromatic heterocycles. The van der Waals surface area contributed by atoms with Crippen LogP contribution in [0.1, 0.15) is 5.56 Å². The number of ether oxygens (including phenoxy) is 1. The zero-order valence-electron chi connectivity index (χ0n) is 10.5. The first-order valence-electron chi connectivity index (χ1n) is 5.80. The first kappa shape index (κ1) is 15.3. The maximum absolute atomic E-state index is 12.2. The zero-order chi connectivity index (χ0) is 14.3. The number of nitriles is 1. The van der Waals surface area contributed by atoms with Crippen molar-refractivity contribution in [1.29, 1.82) is 5.26 Å². The molecule has 19 heavy (non-hydrogen) atoms. The second kappa shape index (κ2) is 7.00. The van der Waals surface area contributed by atoms with Gasteiger partial charge in [-0.25, -0.2) is 0 Å². The number of rotatable bonds is 6. The van der Waals surface area contributed by atoms with Gasteiger partial charge in [0.15, 0.2) is 5.92 Å². The van der Waals surface area contributed by atoms with Crippen molar-refractivity contribution >= 4 is 0 Å². The number of aryl methyl sites for hydroxylation is 1. The second-order valence-electron chi connectivity index (χ2n) is 4.09. The van der Waals surface area contributed by atoms with Crippen molar-refractivity contribution in [3.8, 4) is 11.8 Å². The van der Waals surface area contributed by atoms with Gasteiger partial charge in [0.05, 0.1) is 6.07 Å². The van der Waals surface area contributed by atoms with Gasteiger partial charge in [-0.2, -0.15) is 18.4 Å². The summed E-state index contributed by atoms with van der Waals surface area (Å²) in [7, 11) is 0. The molecule has 1 unspecified atom stereocenters. The van der Waals surface area contributed by atoms with E-state index in [4.69, 9.17) is 10.00 Å². The van der Waals surface area contributed by atoms with Gasteiger partial charge < -0.3 is 10.1 Å². The summed E-state index contributed by atoms with van der Waals surface area (Å²) in [6.45, 7) is 2.00. The molecule has 6 heteroatoms. The van der Waals surface area contributed by atoms with E-state index in [2.05, 4.69) is 5.32 Å². The summed E-state index contributed by atoms with van der Waals surface area (Å²) in [5.74, 6) is -1.30. The van der Waals surface area contributed by atoms with E-state index in [9.17, 15) is 13.2 Å². The average molecular weight is 272 g/mol. The minimum atomic E-state index is -4.49. The molecule has 1 aromatic rings. The molecule has 1 N–H and O–H groups in total. The highest BCUT2D eigenvalue weighted by Gasteiger charge is 2.39. The Labute approximate surface area is 110 Å². The topological polar surface area (TPSA) is 45.0 Å². The van der Waals surface area contributed by atoms with E-state index in [1.807, 2.05) is 25.1 Å². The summed E-state index contributed by atoms with van der Waals surface area (Å²) >= 11 is 0. The first-order chi connectivity index (χ1) is 8.93. The zero-order valence-corrected chi connectivity index (χ0v) is 10.5. The van der Waals surface area contributed by atoms with Gasteiger partial charge in [-0.15, -0.1) is 0 Å². The third-order valence-electron chi connectivity index (χ3n) is 2.44. The number of halogens is 3. The largest absolute Gasteiger partial charge is 0.492 e. The Bertz CT molecular complexity index is 440. The Morgan fingerprint density at radius 3 is 2.74 bits per heavy atom. The van der Waals surface area contributed by atoms with E-state index < -0.39 is 18.6 Å². The summed E-state index contributed by atoms with van der Waals surface area (Å²) in [5.41, 5.74) is 1.05. The number of hydrogen-bond acceptors (Lipinski definition) is 3. The highest BCUT2D eigenvalue weighted by atomic mass is 19.4. The molecule has 0 spiro atoms. The molecule has 0 aliphatic heterocycles. The molecule has 0 bridgehead atoms. The highest BCUT2D eigenvalue weighted by molar-refractivity contribution is 5.27. The number of alkyl halides is 3. The Morgan fingerprint density at radius 2 is 2.16 bits per heavy atom. The van der Waals surface area contributed by atoms with Crippen molar-refractivity contribution in [2.45, 2.75) is 13.1 Å². The summed E-state index contributed by atoms with van der Waals surface area (Å²) in [5, 5.41) is 10.9. The van der Waals surface area contributed by atoms with Gasteiger partial charge in [-0.1, -0.05) is 12.1 Å². The Morgan fingerprint density at radius 1 is 1.42 bits per heavy atom. The molecule has 0 saturated carbocycles. The van der Waals surface area contributed by atoms with Gasteiger partial charge in [-0.05, 0) is 24.6 Å². The third-order valence-corrected chi connectivity index (χ3v) is 2.44. The molecule has 1 aromatic carbocycles. The third kappa shape index (κ3) is 5.62. The standard InChI is InChI=1S/C13H15F3N2O/c1-10-3-2-4-12(7-10)19-6-5-18-9-11(8-17)13(14,15)16/h2-4,7,11,18H,5-6,9H2,1H3. The van der Waals surface area contributed by atoms with Crippen molar-refractivity contribution in [1.82, 2.24) is 5.32 Å². The fraction of sp³-hybridized carbons (Fsp3) is 0.462. The van der Waals surface area contributed by atoms with Gasteiger partial charge in [0.25, 0.3) is 0 Å². The van der Waals surface area contributed by atoms with Crippen molar-refractivity contribution in [2.24, 2.45) is 5.92 Å². The van der Waals surface area contributed by atoms with E-state index in [0.29, 0.717) is 5.75 Å². The predicted octanol–water partition coefficient (Wildman–Crippen LogP) is 2.67. The lowest BCUT2D eigenvalue weighted by molar-refractivity contribution is -0.157. The molecule has 1 rings (SSSR count). The average Bonchev–Trinajstić information content (AvgIpc) is 2.32. The van der Waals surface area contributed by atoms with Crippen molar-refractivity contribution in [3.63, 3.8) is 0 Å². The van der Waals surface area contributed by atoms with Crippen LogP contribution in [0.25, 0.3) is 0 Å². The fourth-order valence-electron chi connectivity index (χ4n) is 1.43. The lowest BCUT2D eigenvalue weighted by atomic mass is 10.1. The lowest BCUT2D eigenvalue weighted by Crippen LogP contribution is -2.34. The molecule has 0 fully saturated rings. The number of nitrogens with zero attached hydrogens (tertiary/aromatic N) is 1. The minimum Gasteiger partial charge on any atom is -0.492 e. The number of nitrogens with one attached hydrogen (secondary N) is 1. The van der Waals surface area contributed by atoms with Gasteiger partial charge in [0, 0.05) is 13.1 Å². The van der Waals surface area contributed by atoms with Crippen LogP contribution in [0, 0.1) is 24.2 Å². The normalized spacial score (nSPS) is 12.8. The summed E-state index contributed by atoms with van der Waals surface area (Å²) in [6.07, 6.45) is -4.49. The molecule has 1 atom stereocenters. The van der Waals surface area contributed by atoms with Gasteiger partial charge >= 0.3 is 6.18 Å². The SMILES string of the molecule is Cc1cccc(OCCNCC(C#N)C(F)(F)F)c1. The summed E-state index contributed by atoms with van der Waals surface area (Å²) in [4.78, 5) is 0. The lowest BCUT2D eigenvalue weighted by Gasteiger charge is -2.14. The van der Waals surface area contributed by atoms with Crippen LogP contribution in [0.4, 0.5) is 13.2 Å². The molecule has 0 saturated heterocycles. The van der Waals surface area contributed by atoms with E-state index in [1.165, 1.54) is 6.07 Å². The molecular weight excluding hydrogens is 257 g/mol. The van der Waals surface area contributed by atoms with Crippen LogP contribution in [0.5, 0.6) is 5.75 Å². The molecule has 0 aliphatic rings. The van der Waals surface area contributed by atoms with Gasteiger partial charge in [0.1, 0.15) is 12.4 Å². The van der Waals surface area contributed by atoms with E-state index in [1.54, 1.807) is 6.07 Å². The Kier molecular flexibility index (Phi) is 5.64. The molecule has 0 aliphatic carbocycles.